The molecule has 10 heteroatoms. The molecule has 62 heavy (non-hydrogen) atoms. The average molecular weight is 904 g/mol. The van der Waals surface area contributed by atoms with Gasteiger partial charge < -0.3 is 34.3 Å². The molecule has 0 aromatic heterocycles. The lowest BCUT2D eigenvalue weighted by molar-refractivity contribution is -0.145. The smallest absolute Gasteiger partial charge is 0.362 e. The standard InChI is InChI=1S/C52H88N4O4.2ClH/c1-7-13-15-17-19-21-23-25-27-29-41-59-51(57)45-55(9-3,10-4)49-35-31-47(32-36-49)43-53-39-40-54-44-48-33-37-50(38-34-48)56(11-5,12-6)46-52(58)60-42-30-28-26-24-22-20-18-16-14-8-2;;/h31-38,43-44H,7-30,39-42,45-46H2,1-6H3;2*1H/q+2;;/p-2. The van der Waals surface area contributed by atoms with Crippen molar-refractivity contribution in [1.29, 1.82) is 0 Å². The SMILES string of the molecule is CCCCCCCCCCCCOC(=O)C[N+](CC)(CC)c1ccc(C=NCCN=Cc2ccc([N+](CC)(CC)CC(=O)OCCCCCCCCCCCC)cc2)cc1.[Cl-].[Cl-]. The zero-order valence-corrected chi connectivity index (χ0v) is 41.7. The Labute approximate surface area is 392 Å². The molecule has 0 amide bonds. The van der Waals surface area contributed by atoms with E-state index in [1.165, 1.54) is 103 Å². The summed E-state index contributed by atoms with van der Waals surface area (Å²) in [4.78, 5) is 35.1. The Morgan fingerprint density at radius 3 is 0.984 bits per heavy atom. The lowest BCUT2D eigenvalue weighted by atomic mass is 10.1. The van der Waals surface area contributed by atoms with Crippen molar-refractivity contribution in [2.45, 2.75) is 170 Å². The van der Waals surface area contributed by atoms with Crippen LogP contribution in [0, 0.1) is 0 Å². The summed E-state index contributed by atoms with van der Waals surface area (Å²) in [6.45, 7) is 19.3. The number of unbranched alkanes of at least 4 members (excludes halogenated alkanes) is 18. The molecule has 2 rings (SSSR count). The zero-order valence-electron chi connectivity index (χ0n) is 40.2. The van der Waals surface area contributed by atoms with E-state index in [0.29, 0.717) is 48.4 Å². The molecular weight excluding hydrogens is 816 g/mol. The number of nitrogens with zero attached hydrogens (tertiary/aromatic N) is 4. The third kappa shape index (κ3) is 24.3. The minimum atomic E-state index is -0.113. The molecule has 0 saturated carbocycles. The first-order valence-corrected chi connectivity index (χ1v) is 24.6. The van der Waals surface area contributed by atoms with Gasteiger partial charge >= 0.3 is 11.9 Å². The summed E-state index contributed by atoms with van der Waals surface area (Å²) in [7, 11) is 0. The van der Waals surface area contributed by atoms with Gasteiger partial charge in [-0.05, 0) is 100 Å². The minimum absolute atomic E-state index is 0. The molecule has 2 aromatic rings. The van der Waals surface area contributed by atoms with Gasteiger partial charge in [0.05, 0.1) is 52.5 Å². The number of carbonyl (C=O) groups excluding carboxylic acids is 2. The Morgan fingerprint density at radius 1 is 0.435 bits per heavy atom. The normalized spacial score (nSPS) is 11.8. The van der Waals surface area contributed by atoms with Crippen molar-refractivity contribution >= 4 is 35.7 Å². The fraction of sp³-hybridized carbons (Fsp3) is 0.692. The monoisotopic (exact) mass is 903 g/mol. The molecule has 2 aromatic carbocycles. The molecule has 0 N–H and O–H groups in total. The maximum absolute atomic E-state index is 12.9. The fourth-order valence-electron chi connectivity index (χ4n) is 8.15. The number of hydrogen-bond acceptors (Lipinski definition) is 6. The molecule has 0 spiro atoms. The molecule has 0 fully saturated rings. The highest BCUT2D eigenvalue weighted by molar-refractivity contribution is 5.82. The van der Waals surface area contributed by atoms with E-state index >= 15 is 0 Å². The molecule has 0 atom stereocenters. The van der Waals surface area contributed by atoms with Crippen LogP contribution in [0.25, 0.3) is 0 Å². The highest BCUT2D eigenvalue weighted by atomic mass is 35.5. The van der Waals surface area contributed by atoms with E-state index in [0.717, 1.165) is 74.4 Å². The summed E-state index contributed by atoms with van der Waals surface area (Å²) in [5.74, 6) is -0.226. The van der Waals surface area contributed by atoms with E-state index < -0.39 is 0 Å². The van der Waals surface area contributed by atoms with E-state index in [1.54, 1.807) is 0 Å². The van der Waals surface area contributed by atoms with Crippen molar-refractivity contribution < 1.29 is 43.9 Å². The summed E-state index contributed by atoms with van der Waals surface area (Å²) in [6.07, 6.45) is 29.2. The second-order valence-electron chi connectivity index (χ2n) is 16.9. The van der Waals surface area contributed by atoms with E-state index in [9.17, 15) is 9.59 Å². The summed E-state index contributed by atoms with van der Waals surface area (Å²) in [5, 5.41) is 0. The zero-order chi connectivity index (χ0) is 43.6. The summed E-state index contributed by atoms with van der Waals surface area (Å²) in [6, 6.07) is 16.8. The van der Waals surface area contributed by atoms with Crippen LogP contribution in [-0.2, 0) is 19.1 Å². The number of esters is 2. The second-order valence-corrected chi connectivity index (χ2v) is 16.9. The number of quaternary nitrogens is 2. The second kappa shape index (κ2) is 37.6. The number of hydrogen-bond donors (Lipinski definition) is 0. The molecule has 0 radical (unpaired) electrons. The molecule has 8 nitrogen and oxygen atoms in total. The van der Waals surface area contributed by atoms with Crippen molar-refractivity contribution in [1.82, 2.24) is 8.97 Å². The van der Waals surface area contributed by atoms with Gasteiger partial charge in [-0.3, -0.25) is 19.0 Å². The number of aliphatic imine (C=N–C) groups is 2. The van der Waals surface area contributed by atoms with Crippen LogP contribution in [0.15, 0.2) is 58.5 Å². The Morgan fingerprint density at radius 2 is 0.710 bits per heavy atom. The molecule has 0 unspecified atom stereocenters. The van der Waals surface area contributed by atoms with Crippen LogP contribution < -0.4 is 33.8 Å². The number of benzene rings is 2. The van der Waals surface area contributed by atoms with Crippen LogP contribution >= 0.6 is 0 Å². The van der Waals surface area contributed by atoms with Gasteiger partial charge in [0, 0.05) is 12.4 Å². The van der Waals surface area contributed by atoms with Gasteiger partial charge in [-0.15, -0.1) is 0 Å². The van der Waals surface area contributed by atoms with Crippen molar-refractivity contribution in [3.63, 3.8) is 0 Å². The Bertz CT molecular complexity index is 1330. The van der Waals surface area contributed by atoms with Crippen LogP contribution in [0.3, 0.4) is 0 Å². The van der Waals surface area contributed by atoms with Crippen LogP contribution in [0.5, 0.6) is 0 Å². The Balaban J connectivity index is 0.0000186. The van der Waals surface area contributed by atoms with Gasteiger partial charge in [0.25, 0.3) is 0 Å². The largest absolute Gasteiger partial charge is 1.00 e. The fourth-order valence-corrected chi connectivity index (χ4v) is 8.15. The Kier molecular flexibility index (Phi) is 35.9. The maximum atomic E-state index is 12.9. The molecule has 0 heterocycles. The first-order valence-electron chi connectivity index (χ1n) is 24.6. The van der Waals surface area contributed by atoms with E-state index in [2.05, 4.69) is 100 Å². The summed E-state index contributed by atoms with van der Waals surface area (Å²) < 4.78 is 12.6. The van der Waals surface area contributed by atoms with Gasteiger partial charge in [0.2, 0.25) is 0 Å². The lowest BCUT2D eigenvalue weighted by Crippen LogP contribution is -3.00. The molecule has 354 valence electrons. The van der Waals surface area contributed by atoms with E-state index in [1.807, 2.05) is 12.4 Å². The first-order chi connectivity index (χ1) is 29.3. The maximum Gasteiger partial charge on any atom is 0.362 e. The predicted molar refractivity (Wildman–Crippen MR) is 259 cm³/mol. The van der Waals surface area contributed by atoms with Crippen molar-refractivity contribution in [3.05, 3.63) is 59.7 Å². The summed E-state index contributed by atoms with van der Waals surface area (Å²) in [5.41, 5.74) is 4.31. The Hall–Kier alpha value is -2.78. The molecule has 0 aliphatic heterocycles. The quantitative estimate of drug-likeness (QED) is 0.0322. The van der Waals surface area contributed by atoms with Gasteiger partial charge in [-0.1, -0.05) is 129 Å². The number of rotatable bonds is 37. The van der Waals surface area contributed by atoms with Gasteiger partial charge in [0.15, 0.2) is 13.1 Å². The number of carbonyl (C=O) groups is 2. The lowest BCUT2D eigenvalue weighted by Gasteiger charge is -2.35. The average Bonchev–Trinajstić information content (AvgIpc) is 3.27. The third-order valence-electron chi connectivity index (χ3n) is 12.5. The number of ether oxygens (including phenoxy) is 2. The predicted octanol–water partition coefficient (Wildman–Crippen LogP) is 6.86. The highest BCUT2D eigenvalue weighted by Crippen LogP contribution is 2.25. The van der Waals surface area contributed by atoms with Crippen molar-refractivity contribution in [3.8, 4) is 0 Å². The molecule has 0 aliphatic carbocycles. The van der Waals surface area contributed by atoms with Crippen molar-refractivity contribution in [2.24, 2.45) is 9.98 Å². The third-order valence-corrected chi connectivity index (χ3v) is 12.5. The van der Waals surface area contributed by atoms with Gasteiger partial charge in [0.1, 0.15) is 11.4 Å². The van der Waals surface area contributed by atoms with E-state index in [-0.39, 0.29) is 36.8 Å². The number of halogens is 2. The van der Waals surface area contributed by atoms with Crippen LogP contribution in [0.1, 0.15) is 181 Å². The topological polar surface area (TPSA) is 77.3 Å². The molecular formula is C52H88Cl2N4O4. The van der Waals surface area contributed by atoms with Crippen LogP contribution in [0.4, 0.5) is 11.4 Å². The molecule has 0 aliphatic rings. The van der Waals surface area contributed by atoms with Gasteiger partial charge in [-0.2, -0.15) is 0 Å². The van der Waals surface area contributed by atoms with Crippen LogP contribution in [0.2, 0.25) is 0 Å². The molecule has 0 bridgehead atoms. The summed E-state index contributed by atoms with van der Waals surface area (Å²) >= 11 is 0. The van der Waals surface area contributed by atoms with Crippen molar-refractivity contribution in [2.75, 3.05) is 65.6 Å². The van der Waals surface area contributed by atoms with E-state index in [4.69, 9.17) is 9.47 Å². The first kappa shape index (κ1) is 59.2. The van der Waals surface area contributed by atoms with Gasteiger partial charge in [-0.25, -0.2) is 9.59 Å². The van der Waals surface area contributed by atoms with Crippen LogP contribution in [-0.4, -0.2) is 89.9 Å². The number of likely N-dealkylation sites (N-methyl/N-ethyl adjacent to an activating group) is 2. The minimum Gasteiger partial charge on any atom is -1.00 e. The molecule has 0 saturated heterocycles. The highest BCUT2D eigenvalue weighted by Gasteiger charge is 2.32.